The van der Waals surface area contributed by atoms with Crippen LogP contribution in [0.1, 0.15) is 0 Å². The molecule has 1 saturated heterocycles. The Bertz CT molecular complexity index is 341. The lowest BCUT2D eigenvalue weighted by molar-refractivity contribution is -0.153. The van der Waals surface area contributed by atoms with Crippen molar-refractivity contribution < 1.29 is 28.2 Å². The summed E-state index contributed by atoms with van der Waals surface area (Å²) >= 11 is 0. The summed E-state index contributed by atoms with van der Waals surface area (Å²) in [6.07, 6.45) is -2.57. The van der Waals surface area contributed by atoms with Gasteiger partial charge in [-0.3, -0.25) is 0 Å². The minimum absolute atomic E-state index is 0.284. The number of hydrogen-bond donors (Lipinski definition) is 1. The molecule has 1 fully saturated rings. The first-order valence-electron chi connectivity index (χ1n) is 7.69. The fourth-order valence-corrected chi connectivity index (χ4v) is 4.77. The smallest absolute Gasteiger partial charge is 0.184 e. The molecular weight excluding hydrogens is 320 g/mol. The van der Waals surface area contributed by atoms with Crippen molar-refractivity contribution >= 4 is 16.6 Å². The van der Waals surface area contributed by atoms with Crippen LogP contribution >= 0.6 is 0 Å². The van der Waals surface area contributed by atoms with E-state index in [9.17, 15) is 5.11 Å². The van der Waals surface area contributed by atoms with Gasteiger partial charge in [0.1, 0.15) is 18.3 Å². The molecule has 1 aliphatic rings. The SMILES string of the molecule is COC[C@@H](O[Si](C)(C)C)[C@@H]1OC(O)[C@H](OC)[C@H]1O[Si](C)(C)C. The third kappa shape index (κ3) is 6.01. The number of aliphatic hydroxyl groups excluding tert-OH is 1. The average Bonchev–Trinajstić information content (AvgIpc) is 2.61. The molecule has 8 heteroatoms. The van der Waals surface area contributed by atoms with Crippen molar-refractivity contribution in [3.05, 3.63) is 0 Å². The van der Waals surface area contributed by atoms with E-state index in [0.29, 0.717) is 6.61 Å². The van der Waals surface area contributed by atoms with Crippen molar-refractivity contribution in [2.45, 2.75) is 70.0 Å². The van der Waals surface area contributed by atoms with Gasteiger partial charge < -0.3 is 28.2 Å². The number of rotatable bonds is 8. The zero-order chi connectivity index (χ0) is 17.1. The number of ether oxygens (including phenoxy) is 3. The van der Waals surface area contributed by atoms with Crippen LogP contribution in [0.25, 0.3) is 0 Å². The summed E-state index contributed by atoms with van der Waals surface area (Å²) in [6, 6.07) is 0. The summed E-state index contributed by atoms with van der Waals surface area (Å²) < 4.78 is 28.9. The first-order valence-corrected chi connectivity index (χ1v) is 14.5. The predicted octanol–water partition coefficient (Wildman–Crippen LogP) is 1.81. The maximum atomic E-state index is 10.1. The van der Waals surface area contributed by atoms with Gasteiger partial charge in [0.25, 0.3) is 0 Å². The lowest BCUT2D eigenvalue weighted by Gasteiger charge is -2.35. The Morgan fingerprint density at radius 2 is 1.59 bits per heavy atom. The van der Waals surface area contributed by atoms with E-state index in [1.807, 2.05) is 0 Å². The van der Waals surface area contributed by atoms with Crippen LogP contribution in [0, 0.1) is 0 Å². The number of aliphatic hydroxyl groups is 1. The topological polar surface area (TPSA) is 66.4 Å². The maximum absolute atomic E-state index is 10.1. The lowest BCUT2D eigenvalue weighted by atomic mass is 10.1. The highest BCUT2D eigenvalue weighted by molar-refractivity contribution is 6.70. The summed E-state index contributed by atoms with van der Waals surface area (Å²) in [4.78, 5) is 0. The van der Waals surface area contributed by atoms with Crippen molar-refractivity contribution in [3.63, 3.8) is 0 Å². The van der Waals surface area contributed by atoms with E-state index in [2.05, 4.69) is 39.3 Å². The maximum Gasteiger partial charge on any atom is 0.184 e. The normalized spacial score (nSPS) is 31.5. The van der Waals surface area contributed by atoms with Gasteiger partial charge in [-0.1, -0.05) is 0 Å². The van der Waals surface area contributed by atoms with E-state index < -0.39 is 35.1 Å². The van der Waals surface area contributed by atoms with Gasteiger partial charge in [0.15, 0.2) is 22.9 Å². The standard InChI is InChI=1S/C14H32O6Si2/c1-16-9-10(19-21(3,4)5)11-12(20-22(6,7)8)13(17-2)14(15)18-11/h10-15H,9H2,1-8H3/t10-,11+,12+,13-,14?/m1/s1. The Morgan fingerprint density at radius 1 is 1.00 bits per heavy atom. The summed E-state index contributed by atoms with van der Waals surface area (Å²) in [7, 11) is -0.436. The van der Waals surface area contributed by atoms with E-state index in [0.717, 1.165) is 0 Å². The average molecular weight is 353 g/mol. The number of methoxy groups -OCH3 is 2. The third-order valence-corrected chi connectivity index (χ3v) is 5.18. The van der Waals surface area contributed by atoms with Gasteiger partial charge in [0.2, 0.25) is 0 Å². The molecule has 6 nitrogen and oxygen atoms in total. The van der Waals surface area contributed by atoms with Crippen LogP contribution in [0.15, 0.2) is 0 Å². The Labute approximate surface area is 136 Å². The molecule has 1 aliphatic heterocycles. The molecule has 0 bridgehead atoms. The first kappa shape index (κ1) is 20.2. The molecule has 5 atom stereocenters. The minimum Gasteiger partial charge on any atom is -0.410 e. The van der Waals surface area contributed by atoms with Crippen molar-refractivity contribution in [1.29, 1.82) is 0 Å². The molecule has 0 spiro atoms. The van der Waals surface area contributed by atoms with Gasteiger partial charge in [-0.25, -0.2) is 0 Å². The molecule has 22 heavy (non-hydrogen) atoms. The second-order valence-corrected chi connectivity index (χ2v) is 16.5. The van der Waals surface area contributed by atoms with Crippen LogP contribution in [0.3, 0.4) is 0 Å². The Morgan fingerprint density at radius 3 is 2.00 bits per heavy atom. The molecule has 0 radical (unpaired) electrons. The largest absolute Gasteiger partial charge is 0.410 e. The minimum atomic E-state index is -1.84. The summed E-state index contributed by atoms with van der Waals surface area (Å²) in [6.45, 7) is 13.0. The quantitative estimate of drug-likeness (QED) is 0.672. The second-order valence-electron chi connectivity index (χ2n) is 7.61. The van der Waals surface area contributed by atoms with Gasteiger partial charge in [-0.05, 0) is 39.3 Å². The van der Waals surface area contributed by atoms with Crippen molar-refractivity contribution in [2.24, 2.45) is 0 Å². The van der Waals surface area contributed by atoms with Crippen molar-refractivity contribution in [2.75, 3.05) is 20.8 Å². The molecule has 0 aromatic carbocycles. The fraction of sp³-hybridized carbons (Fsp3) is 1.00. The molecule has 0 saturated carbocycles. The highest BCUT2D eigenvalue weighted by Crippen LogP contribution is 2.31. The molecule has 0 aliphatic carbocycles. The highest BCUT2D eigenvalue weighted by atomic mass is 28.4. The molecule has 0 aromatic rings. The molecular formula is C14H32O6Si2. The van der Waals surface area contributed by atoms with E-state index in [-0.39, 0.29) is 12.2 Å². The van der Waals surface area contributed by atoms with Gasteiger partial charge in [0, 0.05) is 14.2 Å². The van der Waals surface area contributed by atoms with E-state index in [4.69, 9.17) is 23.1 Å². The molecule has 1 heterocycles. The third-order valence-electron chi connectivity index (χ3n) is 3.19. The summed E-state index contributed by atoms with van der Waals surface area (Å²) in [5, 5.41) is 10.1. The van der Waals surface area contributed by atoms with Crippen molar-refractivity contribution in [1.82, 2.24) is 0 Å². The van der Waals surface area contributed by atoms with Crippen LogP contribution in [-0.2, 0) is 23.1 Å². The Hall–Kier alpha value is 0.194. The molecule has 132 valence electrons. The number of hydrogen-bond acceptors (Lipinski definition) is 6. The molecule has 0 amide bonds. The summed E-state index contributed by atoms with van der Waals surface area (Å²) in [5.41, 5.74) is 0. The van der Waals surface area contributed by atoms with Crippen LogP contribution in [-0.4, -0.2) is 73.3 Å². The Kier molecular flexibility index (Phi) is 7.22. The second kappa shape index (κ2) is 7.84. The van der Waals surface area contributed by atoms with Crippen molar-refractivity contribution in [3.8, 4) is 0 Å². The van der Waals surface area contributed by atoms with Gasteiger partial charge in [0.05, 0.1) is 12.7 Å². The van der Waals surface area contributed by atoms with Crippen LogP contribution in [0.2, 0.25) is 39.3 Å². The van der Waals surface area contributed by atoms with Gasteiger partial charge >= 0.3 is 0 Å². The molecule has 0 aromatic heterocycles. The molecule has 1 rings (SSSR count). The molecule has 1 unspecified atom stereocenters. The van der Waals surface area contributed by atoms with Crippen LogP contribution < -0.4 is 0 Å². The Balaban J connectivity index is 2.99. The lowest BCUT2D eigenvalue weighted by Crippen LogP contribution is -2.51. The van der Waals surface area contributed by atoms with Gasteiger partial charge in [-0.2, -0.15) is 0 Å². The predicted molar refractivity (Wildman–Crippen MR) is 90.0 cm³/mol. The first-order chi connectivity index (χ1) is 9.98. The van der Waals surface area contributed by atoms with Gasteiger partial charge in [-0.15, -0.1) is 0 Å². The fourth-order valence-electron chi connectivity index (χ4n) is 2.57. The monoisotopic (exact) mass is 352 g/mol. The van der Waals surface area contributed by atoms with E-state index in [1.54, 1.807) is 14.2 Å². The van der Waals surface area contributed by atoms with Crippen LogP contribution in [0.5, 0.6) is 0 Å². The highest BCUT2D eigenvalue weighted by Gasteiger charge is 2.50. The zero-order valence-corrected chi connectivity index (χ0v) is 17.1. The summed E-state index contributed by atoms with van der Waals surface area (Å²) in [5.74, 6) is 0. The van der Waals surface area contributed by atoms with Crippen LogP contribution in [0.4, 0.5) is 0 Å². The van der Waals surface area contributed by atoms with E-state index in [1.165, 1.54) is 0 Å². The molecule has 1 N–H and O–H groups in total. The zero-order valence-electron chi connectivity index (χ0n) is 15.1. The van der Waals surface area contributed by atoms with E-state index >= 15 is 0 Å².